The third-order valence-electron chi connectivity index (χ3n) is 4.54. The van der Waals surface area contributed by atoms with Crippen LogP contribution in [0.25, 0.3) is 6.58 Å². The molecule has 0 radical (unpaired) electrons. The predicted molar refractivity (Wildman–Crippen MR) is 101 cm³/mol. The van der Waals surface area contributed by atoms with Crippen LogP contribution < -0.4 is 26.0 Å². The first-order valence-corrected chi connectivity index (χ1v) is 8.56. The van der Waals surface area contributed by atoms with Gasteiger partial charge in [0.05, 0.1) is 31.6 Å². The third kappa shape index (κ3) is 3.50. The molecule has 10 heteroatoms. The van der Waals surface area contributed by atoms with Gasteiger partial charge in [-0.1, -0.05) is 6.58 Å². The van der Waals surface area contributed by atoms with Gasteiger partial charge >= 0.3 is 0 Å². The van der Waals surface area contributed by atoms with E-state index in [1.54, 1.807) is 12.1 Å². The number of nitrogens with one attached hydrogen (secondary N) is 1. The highest BCUT2D eigenvalue weighted by Gasteiger charge is 2.31. The molecule has 0 fully saturated rings. The fourth-order valence-electron chi connectivity index (χ4n) is 3.06. The summed E-state index contributed by atoms with van der Waals surface area (Å²) < 4.78 is 5.35. The van der Waals surface area contributed by atoms with Gasteiger partial charge < -0.3 is 35.0 Å². The highest BCUT2D eigenvalue weighted by molar-refractivity contribution is 5.78. The Balaban J connectivity index is 2.18. The number of fused-ring (bicyclic) bond motifs is 2. The molecule has 1 aliphatic heterocycles. The fourth-order valence-corrected chi connectivity index (χ4v) is 3.06. The number of ether oxygens (including phenoxy) is 1. The summed E-state index contributed by atoms with van der Waals surface area (Å²) in [6.07, 6.45) is -4.58. The van der Waals surface area contributed by atoms with Crippen LogP contribution in [0.15, 0.2) is 21.9 Å². The van der Waals surface area contributed by atoms with Crippen LogP contribution >= 0.6 is 0 Å². The number of methoxy groups -OCH3 is 1. The van der Waals surface area contributed by atoms with Crippen molar-refractivity contribution in [2.24, 2.45) is 4.99 Å². The summed E-state index contributed by atoms with van der Waals surface area (Å²) >= 11 is 0. The molecule has 2 heterocycles. The van der Waals surface area contributed by atoms with Crippen molar-refractivity contribution in [1.82, 2.24) is 9.97 Å². The molecule has 2 aromatic rings. The van der Waals surface area contributed by atoms with E-state index in [-0.39, 0.29) is 23.2 Å². The summed E-state index contributed by atoms with van der Waals surface area (Å²) in [6, 6.07) is 3.41. The molecular weight excluding hydrogens is 368 g/mol. The highest BCUT2D eigenvalue weighted by atomic mass is 16.5. The lowest BCUT2D eigenvalue weighted by molar-refractivity contribution is -0.0726. The van der Waals surface area contributed by atoms with Crippen molar-refractivity contribution in [3.63, 3.8) is 0 Å². The number of benzene rings is 1. The van der Waals surface area contributed by atoms with E-state index >= 15 is 0 Å². The number of aromatic nitrogens is 2. The molecule has 0 bridgehead atoms. The zero-order chi connectivity index (χ0) is 20.6. The maximum Gasteiger partial charge on any atom is 0.279 e. The maximum atomic E-state index is 12.4. The average Bonchev–Trinajstić information content (AvgIpc) is 2.66. The van der Waals surface area contributed by atoms with Gasteiger partial charge in [-0.15, -0.1) is 0 Å². The molecule has 10 nitrogen and oxygen atoms in total. The van der Waals surface area contributed by atoms with Crippen molar-refractivity contribution in [1.29, 1.82) is 0 Å². The Morgan fingerprint density at radius 3 is 2.64 bits per heavy atom. The lowest BCUT2D eigenvalue weighted by atomic mass is 10.1. The second kappa shape index (κ2) is 7.68. The second-order valence-electron chi connectivity index (χ2n) is 6.53. The van der Waals surface area contributed by atoms with E-state index in [1.807, 2.05) is 6.92 Å². The summed E-state index contributed by atoms with van der Waals surface area (Å²) in [4.78, 5) is 24.9. The first kappa shape index (κ1) is 20.0. The number of anilines is 2. The molecular formula is C18H22N4O6. The number of aryl methyl sites for hydroxylation is 1. The molecule has 150 valence electrons. The number of aliphatic hydroxyl groups excluding tert-OH is 4. The van der Waals surface area contributed by atoms with Crippen LogP contribution in [0.5, 0.6) is 5.75 Å². The molecule has 5 N–H and O–H groups in total. The summed E-state index contributed by atoms with van der Waals surface area (Å²) in [5, 5.41) is 39.1. The van der Waals surface area contributed by atoms with Crippen LogP contribution in [0, 0.1) is 6.92 Å². The van der Waals surface area contributed by atoms with Gasteiger partial charge in [0.15, 0.2) is 11.2 Å². The molecule has 0 saturated heterocycles. The van der Waals surface area contributed by atoms with Crippen LogP contribution in [-0.4, -0.2) is 69.0 Å². The molecule has 3 atom stereocenters. The quantitative estimate of drug-likeness (QED) is 0.379. The zero-order valence-electron chi connectivity index (χ0n) is 15.5. The highest BCUT2D eigenvalue weighted by Crippen LogP contribution is 2.39. The molecule has 3 rings (SSSR count). The van der Waals surface area contributed by atoms with Crippen molar-refractivity contribution in [3.8, 4) is 5.75 Å². The zero-order valence-corrected chi connectivity index (χ0v) is 15.5. The maximum absolute atomic E-state index is 12.4. The number of H-pyrrole nitrogens is 1. The van der Waals surface area contributed by atoms with Crippen molar-refractivity contribution < 1.29 is 25.2 Å². The lowest BCUT2D eigenvalue weighted by Crippen LogP contribution is -2.48. The van der Waals surface area contributed by atoms with Gasteiger partial charge in [0.25, 0.3) is 5.56 Å². The Kier molecular flexibility index (Phi) is 5.47. The van der Waals surface area contributed by atoms with Crippen molar-refractivity contribution in [2.45, 2.75) is 25.2 Å². The van der Waals surface area contributed by atoms with Gasteiger partial charge in [-0.05, 0) is 18.6 Å². The largest absolute Gasteiger partial charge is 0.496 e. The van der Waals surface area contributed by atoms with Gasteiger partial charge in [-0.25, -0.2) is 9.98 Å². The van der Waals surface area contributed by atoms with Crippen molar-refractivity contribution in [2.75, 3.05) is 25.2 Å². The number of hydrogen-bond donors (Lipinski definition) is 5. The SMILES string of the molecule is C=c1nc2c(c(=O)[nH]1)=Nc1cc(C)c(OC)cc1N2C[C@H](O)[C@H](O)[C@H](O)CO. The molecule has 0 saturated carbocycles. The van der Waals surface area contributed by atoms with E-state index < -0.39 is 30.5 Å². The second-order valence-corrected chi connectivity index (χ2v) is 6.53. The van der Waals surface area contributed by atoms with Gasteiger partial charge in [-0.2, -0.15) is 0 Å². The number of aromatic amines is 1. The summed E-state index contributed by atoms with van der Waals surface area (Å²) in [7, 11) is 1.51. The Morgan fingerprint density at radius 2 is 2.00 bits per heavy atom. The summed E-state index contributed by atoms with van der Waals surface area (Å²) in [5.74, 6) is 0.712. The van der Waals surface area contributed by atoms with Crippen LogP contribution in [0.3, 0.4) is 0 Å². The third-order valence-corrected chi connectivity index (χ3v) is 4.54. The normalized spacial score (nSPS) is 15.9. The van der Waals surface area contributed by atoms with Crippen molar-refractivity contribution in [3.05, 3.63) is 38.9 Å². The predicted octanol–water partition coefficient (Wildman–Crippen LogP) is -2.02. The van der Waals surface area contributed by atoms with E-state index in [0.29, 0.717) is 17.1 Å². The first-order chi connectivity index (χ1) is 13.3. The topological polar surface area (TPSA) is 152 Å². The smallest absolute Gasteiger partial charge is 0.279 e. The number of β-amino-alcohol motifs (C(OH)–C–C–N with tert-alkyl or cyclic N) is 1. The first-order valence-electron chi connectivity index (χ1n) is 8.56. The van der Waals surface area contributed by atoms with Gasteiger partial charge in [0, 0.05) is 6.07 Å². The number of aliphatic hydroxyl groups is 4. The van der Waals surface area contributed by atoms with Gasteiger partial charge in [0.2, 0.25) is 0 Å². The Bertz CT molecular complexity index is 1050. The number of hydrogen-bond acceptors (Lipinski definition) is 9. The fraction of sp³-hybridized carbons (Fsp3) is 0.389. The van der Waals surface area contributed by atoms with Crippen LogP contribution in [-0.2, 0) is 0 Å². The van der Waals surface area contributed by atoms with E-state index in [1.165, 1.54) is 12.0 Å². The molecule has 28 heavy (non-hydrogen) atoms. The summed E-state index contributed by atoms with van der Waals surface area (Å²) in [5.41, 5.74) is 1.36. The van der Waals surface area contributed by atoms with Gasteiger partial charge in [0.1, 0.15) is 29.5 Å². The Hall–Kier alpha value is -2.79. The van der Waals surface area contributed by atoms with Gasteiger partial charge in [-0.3, -0.25) is 4.79 Å². The Labute approximate surface area is 159 Å². The lowest BCUT2D eigenvalue weighted by Gasteiger charge is -2.32. The molecule has 0 spiro atoms. The molecule has 0 amide bonds. The monoisotopic (exact) mass is 390 g/mol. The Morgan fingerprint density at radius 1 is 1.29 bits per heavy atom. The van der Waals surface area contributed by atoms with Crippen LogP contribution in [0.1, 0.15) is 5.56 Å². The van der Waals surface area contributed by atoms with E-state index in [0.717, 1.165) is 5.56 Å². The summed E-state index contributed by atoms with van der Waals surface area (Å²) in [6.45, 7) is 4.52. The average molecular weight is 390 g/mol. The van der Waals surface area contributed by atoms with E-state index in [9.17, 15) is 20.1 Å². The molecule has 0 unspecified atom stereocenters. The number of rotatable bonds is 6. The van der Waals surface area contributed by atoms with E-state index in [4.69, 9.17) is 9.84 Å². The molecule has 1 aromatic heterocycles. The molecule has 1 aliphatic rings. The van der Waals surface area contributed by atoms with Crippen LogP contribution in [0.4, 0.5) is 17.2 Å². The minimum absolute atomic E-state index is 0.0360. The van der Waals surface area contributed by atoms with E-state index in [2.05, 4.69) is 21.5 Å². The minimum atomic E-state index is -1.61. The standard InChI is InChI=1S/C18H22N4O6/c1-8-4-10-11(5-14(8)28-3)22(6-12(24)16(26)13(25)7-23)17-15(21-10)18(27)20-9(2)19-17/h4-5,12-13,16,23-26H,2,6-7H2,1,3H3,(H,20,27)/t12-,13+,16-/m0/s1. The molecule has 0 aliphatic carbocycles. The minimum Gasteiger partial charge on any atom is -0.496 e. The van der Waals surface area contributed by atoms with Crippen molar-refractivity contribution >= 4 is 23.8 Å². The van der Waals surface area contributed by atoms with Crippen LogP contribution in [0.2, 0.25) is 0 Å². The molecule has 1 aromatic carbocycles. The number of nitrogens with zero attached hydrogens (tertiary/aromatic N) is 3.